The molecule has 2 N–H and O–H groups in total. The van der Waals surface area contributed by atoms with Gasteiger partial charge in [-0.2, -0.15) is 0 Å². The molecule has 0 aliphatic heterocycles. The van der Waals surface area contributed by atoms with Crippen LogP contribution in [0.4, 0.5) is 18.2 Å². The van der Waals surface area contributed by atoms with E-state index < -0.39 is 6.36 Å². The van der Waals surface area contributed by atoms with Crippen LogP contribution in [0.25, 0.3) is 0 Å². The van der Waals surface area contributed by atoms with Crippen LogP contribution in [0.3, 0.4) is 0 Å². The van der Waals surface area contributed by atoms with Gasteiger partial charge in [0.05, 0.1) is 9.88 Å². The van der Waals surface area contributed by atoms with Crippen LogP contribution in [0.2, 0.25) is 0 Å². The van der Waals surface area contributed by atoms with Crippen LogP contribution in [0.5, 0.6) is 5.75 Å². The minimum absolute atomic E-state index is 0.0237. The second-order valence-electron chi connectivity index (χ2n) is 6.26. The van der Waals surface area contributed by atoms with Crippen molar-refractivity contribution < 1.29 is 27.5 Å². The largest absolute Gasteiger partial charge is 0.573 e. The molecule has 0 spiro atoms. The van der Waals surface area contributed by atoms with Crippen LogP contribution < -0.4 is 15.4 Å². The SMILES string of the molecule is Cc1cc(NC(=O)C2CC2)sc1C(=O)NCc1ccc(OC(F)(F)F)cc1. The number of thiophene rings is 1. The lowest BCUT2D eigenvalue weighted by Crippen LogP contribution is -2.22. The molecule has 2 aromatic rings. The lowest BCUT2D eigenvalue weighted by Gasteiger charge is -2.09. The van der Waals surface area contributed by atoms with Gasteiger partial charge in [-0.05, 0) is 49.1 Å². The second-order valence-corrected chi connectivity index (χ2v) is 7.31. The zero-order valence-electron chi connectivity index (χ0n) is 14.4. The molecule has 9 heteroatoms. The topological polar surface area (TPSA) is 67.4 Å². The molecule has 1 aliphatic rings. The summed E-state index contributed by atoms with van der Waals surface area (Å²) in [5.41, 5.74) is 1.38. The van der Waals surface area contributed by atoms with Crippen molar-refractivity contribution in [3.05, 3.63) is 46.3 Å². The maximum atomic E-state index is 12.4. The molecule has 1 aromatic heterocycles. The second kappa shape index (κ2) is 7.59. The molecule has 5 nitrogen and oxygen atoms in total. The molecule has 0 bridgehead atoms. The minimum Gasteiger partial charge on any atom is -0.406 e. The number of rotatable bonds is 6. The third-order valence-electron chi connectivity index (χ3n) is 3.93. The number of halogens is 3. The number of ether oxygens (including phenoxy) is 1. The third-order valence-corrected chi connectivity index (χ3v) is 5.08. The van der Waals surface area contributed by atoms with Gasteiger partial charge in [0.2, 0.25) is 5.91 Å². The molecule has 144 valence electrons. The fourth-order valence-electron chi connectivity index (χ4n) is 2.41. The van der Waals surface area contributed by atoms with Gasteiger partial charge in [-0.1, -0.05) is 12.1 Å². The van der Waals surface area contributed by atoms with E-state index in [0.717, 1.165) is 18.4 Å². The third kappa shape index (κ3) is 5.46. The number of carbonyl (C=O) groups excluding carboxylic acids is 2. The molecular formula is C18H17F3N2O3S. The molecule has 1 aliphatic carbocycles. The minimum atomic E-state index is -4.74. The molecule has 0 unspecified atom stereocenters. The first-order chi connectivity index (χ1) is 12.7. The average Bonchev–Trinajstić information content (AvgIpc) is 3.37. The van der Waals surface area contributed by atoms with Crippen molar-refractivity contribution in [2.45, 2.75) is 32.7 Å². The van der Waals surface area contributed by atoms with Crippen LogP contribution in [0.15, 0.2) is 30.3 Å². The summed E-state index contributed by atoms with van der Waals surface area (Å²) in [7, 11) is 0. The average molecular weight is 398 g/mol. The number of aryl methyl sites for hydroxylation is 1. The van der Waals surface area contributed by atoms with Gasteiger partial charge in [0.1, 0.15) is 5.75 Å². The fourth-order valence-corrected chi connectivity index (χ4v) is 3.40. The van der Waals surface area contributed by atoms with Gasteiger partial charge in [0.25, 0.3) is 5.91 Å². The summed E-state index contributed by atoms with van der Waals surface area (Å²) < 4.78 is 40.2. The predicted molar refractivity (Wildman–Crippen MR) is 94.7 cm³/mol. The number of nitrogens with one attached hydrogen (secondary N) is 2. The highest BCUT2D eigenvalue weighted by Gasteiger charge is 2.31. The van der Waals surface area contributed by atoms with Crippen LogP contribution in [0, 0.1) is 12.8 Å². The monoisotopic (exact) mass is 398 g/mol. The highest BCUT2D eigenvalue weighted by molar-refractivity contribution is 7.18. The first-order valence-corrected chi connectivity index (χ1v) is 9.07. The van der Waals surface area contributed by atoms with E-state index in [2.05, 4.69) is 15.4 Å². The lowest BCUT2D eigenvalue weighted by molar-refractivity contribution is -0.274. The van der Waals surface area contributed by atoms with Gasteiger partial charge in [-0.15, -0.1) is 24.5 Å². The van der Waals surface area contributed by atoms with E-state index in [1.807, 2.05) is 0 Å². The van der Waals surface area contributed by atoms with Crippen molar-refractivity contribution in [2.75, 3.05) is 5.32 Å². The maximum Gasteiger partial charge on any atom is 0.573 e. The molecule has 0 saturated heterocycles. The van der Waals surface area contributed by atoms with Gasteiger partial charge in [0.15, 0.2) is 0 Å². The summed E-state index contributed by atoms with van der Waals surface area (Å²) in [5.74, 6) is -0.568. The summed E-state index contributed by atoms with van der Waals surface area (Å²) in [4.78, 5) is 24.6. The Hall–Kier alpha value is -2.55. The molecule has 3 rings (SSSR count). The summed E-state index contributed by atoms with van der Waals surface area (Å²) >= 11 is 1.20. The van der Waals surface area contributed by atoms with Crippen LogP contribution >= 0.6 is 11.3 Å². The molecule has 1 heterocycles. The van der Waals surface area contributed by atoms with E-state index in [1.54, 1.807) is 13.0 Å². The molecule has 1 aromatic carbocycles. The van der Waals surface area contributed by atoms with Crippen molar-refractivity contribution in [2.24, 2.45) is 5.92 Å². The van der Waals surface area contributed by atoms with E-state index in [-0.39, 0.29) is 30.0 Å². The first kappa shape index (κ1) is 19.2. The van der Waals surface area contributed by atoms with E-state index >= 15 is 0 Å². The molecule has 2 amide bonds. The first-order valence-electron chi connectivity index (χ1n) is 8.25. The number of anilines is 1. The molecule has 0 atom stereocenters. The predicted octanol–water partition coefficient (Wildman–Crippen LogP) is 4.23. The lowest BCUT2D eigenvalue weighted by atomic mass is 10.2. The summed E-state index contributed by atoms with van der Waals surface area (Å²) in [6.07, 6.45) is -2.94. The standard InChI is InChI=1S/C18H17F3N2O3S/c1-10-8-14(23-16(24)12-4-5-12)27-15(10)17(25)22-9-11-2-6-13(7-3-11)26-18(19,20)21/h2-3,6-8,12H,4-5,9H2,1H3,(H,22,25)(H,23,24). The molecule has 1 saturated carbocycles. The van der Waals surface area contributed by atoms with Crippen molar-refractivity contribution >= 4 is 28.2 Å². The van der Waals surface area contributed by atoms with Crippen molar-refractivity contribution in [3.63, 3.8) is 0 Å². The Kier molecular flexibility index (Phi) is 5.41. The normalized spacial score (nSPS) is 13.9. The van der Waals surface area contributed by atoms with Crippen LogP contribution in [-0.2, 0) is 11.3 Å². The Labute approximate surface area is 157 Å². The van der Waals surface area contributed by atoms with Crippen molar-refractivity contribution in [1.82, 2.24) is 5.32 Å². The van der Waals surface area contributed by atoms with Crippen LogP contribution in [-0.4, -0.2) is 18.2 Å². The fraction of sp³-hybridized carbons (Fsp3) is 0.333. The van der Waals surface area contributed by atoms with Gasteiger partial charge < -0.3 is 15.4 Å². The maximum absolute atomic E-state index is 12.4. The molecule has 1 fully saturated rings. The summed E-state index contributed by atoms with van der Waals surface area (Å²) in [6, 6.07) is 7.03. The van der Waals surface area contributed by atoms with Crippen LogP contribution in [0.1, 0.15) is 33.6 Å². The quantitative estimate of drug-likeness (QED) is 0.765. The molecule has 27 heavy (non-hydrogen) atoms. The molecule has 0 radical (unpaired) electrons. The Morgan fingerprint density at radius 2 is 1.89 bits per heavy atom. The number of alkyl halides is 3. The Balaban J connectivity index is 1.56. The van der Waals surface area contributed by atoms with E-state index in [1.165, 1.54) is 35.6 Å². The Morgan fingerprint density at radius 1 is 1.22 bits per heavy atom. The van der Waals surface area contributed by atoms with Gasteiger partial charge in [-0.3, -0.25) is 9.59 Å². The van der Waals surface area contributed by atoms with E-state index in [4.69, 9.17) is 0 Å². The van der Waals surface area contributed by atoms with Gasteiger partial charge in [0, 0.05) is 12.5 Å². The number of benzene rings is 1. The van der Waals surface area contributed by atoms with Crippen molar-refractivity contribution in [1.29, 1.82) is 0 Å². The van der Waals surface area contributed by atoms with Gasteiger partial charge >= 0.3 is 6.36 Å². The molecular weight excluding hydrogens is 381 g/mol. The zero-order chi connectivity index (χ0) is 19.6. The number of hydrogen-bond acceptors (Lipinski definition) is 4. The highest BCUT2D eigenvalue weighted by Crippen LogP contribution is 2.32. The number of amides is 2. The van der Waals surface area contributed by atoms with E-state index in [9.17, 15) is 22.8 Å². The zero-order valence-corrected chi connectivity index (χ0v) is 15.2. The summed E-state index contributed by atoms with van der Waals surface area (Å²) in [5, 5.41) is 6.16. The smallest absolute Gasteiger partial charge is 0.406 e. The number of carbonyl (C=O) groups is 2. The van der Waals surface area contributed by atoms with Crippen molar-refractivity contribution in [3.8, 4) is 5.75 Å². The highest BCUT2D eigenvalue weighted by atomic mass is 32.1. The van der Waals surface area contributed by atoms with E-state index in [0.29, 0.717) is 15.4 Å². The van der Waals surface area contributed by atoms with Gasteiger partial charge in [-0.25, -0.2) is 0 Å². The summed E-state index contributed by atoms with van der Waals surface area (Å²) in [6.45, 7) is 1.94. The Bertz CT molecular complexity index is 843. The Morgan fingerprint density at radius 3 is 2.48 bits per heavy atom. The number of hydrogen-bond donors (Lipinski definition) is 2.